The molecule has 4 aliphatic rings. The molecule has 95 heavy (non-hydrogen) atoms. The molecule has 458 valence electrons. The number of ketones is 2. The number of rotatable bonds is 14. The third kappa shape index (κ3) is 10.2. The molecule has 0 aliphatic heterocycles. The maximum Gasteiger partial charge on any atom is 0.334 e. The van der Waals surface area contributed by atoms with Gasteiger partial charge in [-0.25, -0.2) is 27.5 Å². The normalized spacial score (nSPS) is 15.2. The molecule has 0 unspecified atom stereocenters. The Morgan fingerprint density at radius 3 is 0.979 bits per heavy atom. The Morgan fingerprint density at radius 2 is 0.695 bits per heavy atom. The summed E-state index contributed by atoms with van der Waals surface area (Å²) in [5.41, 5.74) is -10.9. The van der Waals surface area contributed by atoms with E-state index in [9.17, 15) is 30.6 Å². The van der Waals surface area contributed by atoms with Crippen LogP contribution in [0.4, 0.5) is 17.6 Å². The summed E-state index contributed by atoms with van der Waals surface area (Å²) in [5, 5.41) is 41.6. The molecule has 13 rings (SSSR count). The number of hydrogen-bond donors (Lipinski definition) is 0. The Morgan fingerprint density at radius 1 is 0.411 bits per heavy atom. The van der Waals surface area contributed by atoms with Crippen LogP contribution in [0.2, 0.25) is 0 Å². The number of Topliss-reactive ketones (excluding diaryl/α,β-unsaturated/α-hetero) is 2. The van der Waals surface area contributed by atoms with Crippen LogP contribution < -0.4 is 0 Å². The summed E-state index contributed by atoms with van der Waals surface area (Å²) in [5.74, 6) is -13.3. The first kappa shape index (κ1) is 61.1. The molecule has 16 nitrogen and oxygen atoms in total. The highest BCUT2D eigenvalue weighted by atomic mass is 32.1. The van der Waals surface area contributed by atoms with Crippen molar-refractivity contribution < 1.29 is 65.3 Å². The van der Waals surface area contributed by atoms with Crippen molar-refractivity contribution in [3.63, 3.8) is 0 Å². The number of hydrogen-bond acceptors (Lipinski definition) is 17. The number of nitrogens with zero attached hydrogens (tertiary/aromatic N) is 6. The molecule has 0 fully saturated rings. The zero-order valence-corrected chi connectivity index (χ0v) is 49.7. The van der Waals surface area contributed by atoms with Gasteiger partial charge in [-0.15, -0.1) is 11.3 Å². The fraction of sp³-hybridized carbons (Fsp3) is 0.0811. The number of halogens is 4. The summed E-state index contributed by atoms with van der Waals surface area (Å²) in [4.78, 5) is 102. The first-order valence-electron chi connectivity index (χ1n) is 28.7. The minimum atomic E-state index is -2.85. The Labute approximate surface area is 539 Å². The van der Waals surface area contributed by atoms with Gasteiger partial charge in [0.1, 0.15) is 73.3 Å². The number of carbonyl (C=O) groups is 6. The topological polar surface area (TPSA) is 259 Å². The standard InChI is InChI=1S/C74H38F4N6O10S/c75-55-27-49-51(29-57(55)77)67(85)65(63(49)45(31-79)32-80)83-61-23-43-21-59-47(25-53(43)73(61,69(87)91-35-39-13-5-1-6-14-39)70(88)92-36-40-15-7-2-8-16-40)48-26-54-44(22-60(48)95-59)24-62(84-66-64(46(33-81)34-82)50-28-56(76)58(78)30-52(50)68(66)86)74(54,71(89)93-37-41-17-9-3-10-18-41)72(90)94-38-42-19-11-4-12-20-42/h1-30H,35-38H2/b83-65-,84-66-. The van der Waals surface area contributed by atoms with Crippen molar-refractivity contribution in [1.82, 2.24) is 0 Å². The average molecular weight is 1280 g/mol. The number of ether oxygens (including phenoxy) is 4. The van der Waals surface area contributed by atoms with Gasteiger partial charge >= 0.3 is 23.9 Å². The zero-order chi connectivity index (χ0) is 66.4. The van der Waals surface area contributed by atoms with Crippen LogP contribution in [0.25, 0.3) is 43.5 Å². The number of benzene rings is 8. The van der Waals surface area contributed by atoms with Gasteiger partial charge in [-0.1, -0.05) is 121 Å². The third-order valence-corrected chi connectivity index (χ3v) is 17.6. The highest BCUT2D eigenvalue weighted by Crippen LogP contribution is 2.53. The lowest BCUT2D eigenvalue weighted by Crippen LogP contribution is -2.46. The van der Waals surface area contributed by atoms with Crippen LogP contribution in [0.1, 0.15) is 76.4 Å². The van der Waals surface area contributed by atoms with E-state index in [1.807, 2.05) is 0 Å². The maximum atomic E-state index is 15.8. The molecule has 1 heterocycles. The van der Waals surface area contributed by atoms with Crippen LogP contribution in [-0.4, -0.2) is 46.9 Å². The number of esters is 4. The summed E-state index contributed by atoms with van der Waals surface area (Å²) in [6, 6.07) is 48.5. The summed E-state index contributed by atoms with van der Waals surface area (Å²) >= 11 is 1.13. The van der Waals surface area contributed by atoms with E-state index < -0.39 is 152 Å². The van der Waals surface area contributed by atoms with Crippen molar-refractivity contribution in [2.75, 3.05) is 0 Å². The Kier molecular flexibility index (Phi) is 15.7. The fourth-order valence-corrected chi connectivity index (χ4v) is 13.2. The molecular weight excluding hydrogens is 1240 g/mol. The quantitative estimate of drug-likeness (QED) is 0.0322. The number of allylic oxidation sites excluding steroid dienone is 4. The number of aliphatic imine (C=N–C) groups is 2. The second-order valence-corrected chi connectivity index (χ2v) is 23.0. The Hall–Kier alpha value is -12.8. The van der Waals surface area contributed by atoms with Gasteiger partial charge in [0, 0.05) is 53.6 Å². The summed E-state index contributed by atoms with van der Waals surface area (Å²) in [7, 11) is 0. The minimum absolute atomic E-state index is 0.108. The van der Waals surface area contributed by atoms with Crippen LogP contribution in [-0.2, 0) is 75.4 Å². The van der Waals surface area contributed by atoms with E-state index >= 15 is 36.7 Å². The molecule has 0 saturated carbocycles. The van der Waals surface area contributed by atoms with Gasteiger partial charge in [-0.3, -0.25) is 28.8 Å². The molecule has 0 bridgehead atoms. The van der Waals surface area contributed by atoms with E-state index in [1.54, 1.807) is 158 Å². The SMILES string of the molecule is N#CC(C#N)=C1/C(=N/C2=Cc3cc4sc5cc6c(cc5c4cc3C2(C(=O)OCc2ccccc2)C(=O)OCc2ccccc2)C(C(=O)OCc2ccccc2)(C(=O)OCc2ccccc2)C(/N=C2\C(=O)c3cc(F)c(F)cc3C2=C(C#N)C#N)=C6)C(=O)c2cc(F)c(F)cc21. The van der Waals surface area contributed by atoms with Crippen LogP contribution >= 0.6 is 11.3 Å². The van der Waals surface area contributed by atoms with E-state index in [0.29, 0.717) is 55.9 Å². The number of thiophene rings is 1. The Balaban J connectivity index is 1.06. The first-order valence-corrected chi connectivity index (χ1v) is 29.5. The summed E-state index contributed by atoms with van der Waals surface area (Å²) < 4.78 is 85.5. The molecule has 9 aromatic rings. The molecule has 0 atom stereocenters. The van der Waals surface area contributed by atoms with Crippen LogP contribution in [0.3, 0.4) is 0 Å². The molecule has 1 aromatic heterocycles. The van der Waals surface area contributed by atoms with Crippen molar-refractivity contribution >= 4 is 102 Å². The summed E-state index contributed by atoms with van der Waals surface area (Å²) in [6.45, 7) is -1.82. The zero-order valence-electron chi connectivity index (χ0n) is 48.8. The maximum absolute atomic E-state index is 15.8. The van der Waals surface area contributed by atoms with Crippen molar-refractivity contribution in [3.8, 4) is 24.3 Å². The predicted octanol–water partition coefficient (Wildman–Crippen LogP) is 13.0. The molecule has 0 saturated heterocycles. The van der Waals surface area contributed by atoms with E-state index in [2.05, 4.69) is 9.98 Å². The van der Waals surface area contributed by atoms with Crippen LogP contribution in [0.15, 0.2) is 202 Å². The molecule has 0 spiro atoms. The fourth-order valence-electron chi connectivity index (χ4n) is 12.0. The second-order valence-electron chi connectivity index (χ2n) is 21.9. The summed E-state index contributed by atoms with van der Waals surface area (Å²) in [6.07, 6.45) is 2.58. The largest absolute Gasteiger partial charge is 0.459 e. The minimum Gasteiger partial charge on any atom is -0.459 e. The van der Waals surface area contributed by atoms with Crippen LogP contribution in [0.5, 0.6) is 0 Å². The molecule has 21 heteroatoms. The smallest absolute Gasteiger partial charge is 0.334 e. The van der Waals surface area contributed by atoms with Gasteiger partial charge in [-0.2, -0.15) is 21.0 Å². The number of carbonyl (C=O) groups excluding carboxylic acids is 6. The molecule has 0 radical (unpaired) electrons. The van der Waals surface area contributed by atoms with Crippen molar-refractivity contribution in [3.05, 3.63) is 282 Å². The second kappa shape index (κ2) is 24.4. The van der Waals surface area contributed by atoms with E-state index in [4.69, 9.17) is 18.9 Å². The van der Waals surface area contributed by atoms with Crippen molar-refractivity contribution in [1.29, 1.82) is 21.0 Å². The van der Waals surface area contributed by atoms with Gasteiger partial charge < -0.3 is 18.9 Å². The van der Waals surface area contributed by atoms with Gasteiger partial charge in [0.2, 0.25) is 22.4 Å². The number of nitriles is 4. The van der Waals surface area contributed by atoms with Crippen LogP contribution in [0, 0.1) is 68.6 Å². The van der Waals surface area contributed by atoms with E-state index in [1.165, 1.54) is 24.3 Å². The van der Waals surface area contributed by atoms with Gasteiger partial charge in [-0.05, 0) is 105 Å². The lowest BCUT2D eigenvalue weighted by molar-refractivity contribution is -0.166. The van der Waals surface area contributed by atoms with Crippen molar-refractivity contribution in [2.24, 2.45) is 9.98 Å². The molecule has 4 aliphatic carbocycles. The average Bonchev–Trinajstić information content (AvgIpc) is 1.57. The predicted molar refractivity (Wildman–Crippen MR) is 336 cm³/mol. The van der Waals surface area contributed by atoms with Gasteiger partial charge in [0.05, 0.1) is 11.4 Å². The molecule has 8 aromatic carbocycles. The molecular formula is C74H38F4N6O10S. The van der Waals surface area contributed by atoms with Gasteiger partial charge in [0.15, 0.2) is 23.3 Å². The first-order chi connectivity index (χ1) is 46.0. The lowest BCUT2D eigenvalue weighted by Gasteiger charge is -2.28. The molecule has 0 amide bonds. The van der Waals surface area contributed by atoms with E-state index in [-0.39, 0.29) is 44.2 Å². The third-order valence-electron chi connectivity index (χ3n) is 16.5. The van der Waals surface area contributed by atoms with Gasteiger partial charge in [0.25, 0.3) is 0 Å². The highest BCUT2D eigenvalue weighted by Gasteiger charge is 2.61. The Bertz CT molecular complexity index is 4830. The highest BCUT2D eigenvalue weighted by molar-refractivity contribution is 7.25. The lowest BCUT2D eigenvalue weighted by atomic mass is 9.78. The van der Waals surface area contributed by atoms with Crippen molar-refractivity contribution in [2.45, 2.75) is 37.3 Å². The molecule has 0 N–H and O–H groups in total. The number of fused-ring (bicyclic) bond motifs is 7. The monoisotopic (exact) mass is 1280 g/mol. The van der Waals surface area contributed by atoms with E-state index in [0.717, 1.165) is 11.3 Å².